The van der Waals surface area contributed by atoms with Crippen molar-refractivity contribution in [1.29, 1.82) is 0 Å². The molecule has 0 heterocycles. The number of carbonyl (C=O) groups excluding carboxylic acids is 3. The molecule has 6 nitrogen and oxygen atoms in total. The van der Waals surface area contributed by atoms with Gasteiger partial charge in [0.25, 0.3) is 0 Å². The number of esters is 3. The summed E-state index contributed by atoms with van der Waals surface area (Å²) in [6.45, 7) is 6.52. The van der Waals surface area contributed by atoms with Crippen LogP contribution in [0.3, 0.4) is 0 Å². The van der Waals surface area contributed by atoms with Crippen LogP contribution in [0, 0.1) is 0 Å². The molecule has 0 spiro atoms. The summed E-state index contributed by atoms with van der Waals surface area (Å²) < 4.78 is 16.9. The van der Waals surface area contributed by atoms with Gasteiger partial charge in [-0.1, -0.05) is 266 Å². The summed E-state index contributed by atoms with van der Waals surface area (Å²) in [5, 5.41) is 0. The highest BCUT2D eigenvalue weighted by atomic mass is 16.6. The van der Waals surface area contributed by atoms with Crippen LogP contribution in [0.25, 0.3) is 0 Å². The van der Waals surface area contributed by atoms with E-state index in [4.69, 9.17) is 14.2 Å². The van der Waals surface area contributed by atoms with E-state index < -0.39 is 6.10 Å². The summed E-state index contributed by atoms with van der Waals surface area (Å²) in [5.41, 5.74) is 0. The highest BCUT2D eigenvalue weighted by molar-refractivity contribution is 5.71. The molecule has 0 N–H and O–H groups in total. The lowest BCUT2D eigenvalue weighted by molar-refractivity contribution is -0.167. The minimum atomic E-state index is -0.794. The van der Waals surface area contributed by atoms with E-state index in [0.717, 1.165) is 96.3 Å². The van der Waals surface area contributed by atoms with Gasteiger partial charge in [0.05, 0.1) is 0 Å². The van der Waals surface area contributed by atoms with E-state index in [1.54, 1.807) is 0 Å². The number of ether oxygens (including phenoxy) is 3. The highest BCUT2D eigenvalue weighted by Crippen LogP contribution is 2.16. The Labute approximate surface area is 465 Å². The third kappa shape index (κ3) is 61.3. The Hall–Kier alpha value is -3.41. The van der Waals surface area contributed by atoms with Gasteiger partial charge >= 0.3 is 17.9 Å². The van der Waals surface area contributed by atoms with Gasteiger partial charge in [-0.25, -0.2) is 0 Å². The molecule has 0 aromatic heterocycles. The lowest BCUT2D eigenvalue weighted by Gasteiger charge is -2.18. The number of carbonyl (C=O) groups is 3. The fraction of sp³-hybridized carbons (Fsp3) is 0.754. The first kappa shape index (κ1) is 71.6. The van der Waals surface area contributed by atoms with Crippen molar-refractivity contribution < 1.29 is 28.6 Å². The fourth-order valence-corrected chi connectivity index (χ4v) is 9.05. The molecule has 0 radical (unpaired) electrons. The van der Waals surface area contributed by atoms with Gasteiger partial charge in [-0.05, 0) is 116 Å². The second-order valence-electron chi connectivity index (χ2n) is 21.3. The molecule has 0 aromatic carbocycles. The fourth-order valence-electron chi connectivity index (χ4n) is 9.05. The van der Waals surface area contributed by atoms with Crippen LogP contribution < -0.4 is 0 Å². The molecule has 0 saturated carbocycles. The molecular formula is C69H120O6. The SMILES string of the molecule is CC/C=C/C/C=C/C/C=C/C/C=C/C/C=C/CCCCCC(=O)OC[C@@H](COC(=O)CCCCCCCCCCC/C=C/CCCCCCCC)OC(=O)CCCCCCCCCCC/C=C/CCCCCCCC. The molecule has 0 fully saturated rings. The normalized spacial score (nSPS) is 12.6. The van der Waals surface area contributed by atoms with E-state index in [0.29, 0.717) is 19.3 Å². The Morgan fingerprint density at radius 3 is 0.840 bits per heavy atom. The summed E-state index contributed by atoms with van der Waals surface area (Å²) >= 11 is 0. The molecule has 0 saturated heterocycles. The van der Waals surface area contributed by atoms with Gasteiger partial charge < -0.3 is 14.2 Å². The van der Waals surface area contributed by atoms with E-state index in [2.05, 4.69) is 106 Å². The second kappa shape index (κ2) is 63.1. The average Bonchev–Trinajstić information content (AvgIpc) is 3.41. The molecule has 432 valence electrons. The third-order valence-corrected chi connectivity index (χ3v) is 13.9. The van der Waals surface area contributed by atoms with E-state index in [1.165, 1.54) is 180 Å². The molecule has 0 bridgehead atoms. The average molecular weight is 1050 g/mol. The Balaban J connectivity index is 4.43. The maximum atomic E-state index is 12.9. The zero-order valence-electron chi connectivity index (χ0n) is 49.6. The zero-order valence-corrected chi connectivity index (χ0v) is 49.6. The molecule has 75 heavy (non-hydrogen) atoms. The summed E-state index contributed by atoms with van der Waals surface area (Å²) in [6, 6.07) is 0. The second-order valence-corrected chi connectivity index (χ2v) is 21.3. The van der Waals surface area contributed by atoms with Crippen LogP contribution in [-0.2, 0) is 28.6 Å². The quantitative estimate of drug-likeness (QED) is 0.0261. The number of hydrogen-bond acceptors (Lipinski definition) is 6. The van der Waals surface area contributed by atoms with Crippen LogP contribution in [0.15, 0.2) is 85.1 Å². The summed E-state index contributed by atoms with van der Waals surface area (Å²) in [6.07, 6.45) is 83.0. The number of unbranched alkanes of at least 4 members (excludes halogenated alkanes) is 33. The molecule has 0 aliphatic rings. The predicted molar refractivity (Wildman–Crippen MR) is 325 cm³/mol. The van der Waals surface area contributed by atoms with Crippen molar-refractivity contribution in [3.05, 3.63) is 85.1 Å². The van der Waals surface area contributed by atoms with Crippen molar-refractivity contribution in [1.82, 2.24) is 0 Å². The predicted octanol–water partition coefficient (Wildman–Crippen LogP) is 21.9. The Kier molecular flexibility index (Phi) is 60.3. The summed E-state index contributed by atoms with van der Waals surface area (Å²) in [4.78, 5) is 38.3. The van der Waals surface area contributed by atoms with Crippen LogP contribution >= 0.6 is 0 Å². The third-order valence-electron chi connectivity index (χ3n) is 13.9. The van der Waals surface area contributed by atoms with Crippen molar-refractivity contribution in [3.8, 4) is 0 Å². The smallest absolute Gasteiger partial charge is 0.306 e. The van der Waals surface area contributed by atoms with E-state index >= 15 is 0 Å². The largest absolute Gasteiger partial charge is 0.462 e. The first-order valence-corrected chi connectivity index (χ1v) is 32.1. The molecule has 0 aliphatic heterocycles. The van der Waals surface area contributed by atoms with Gasteiger partial charge in [-0.15, -0.1) is 0 Å². The molecule has 0 unspecified atom stereocenters. The molecule has 1 atom stereocenters. The van der Waals surface area contributed by atoms with Crippen molar-refractivity contribution >= 4 is 17.9 Å². The Morgan fingerprint density at radius 1 is 0.280 bits per heavy atom. The van der Waals surface area contributed by atoms with Gasteiger partial charge in [0, 0.05) is 19.3 Å². The molecular weight excluding hydrogens is 925 g/mol. The van der Waals surface area contributed by atoms with E-state index in [1.807, 2.05) is 0 Å². The molecule has 0 rings (SSSR count). The van der Waals surface area contributed by atoms with E-state index in [-0.39, 0.29) is 31.1 Å². The van der Waals surface area contributed by atoms with Gasteiger partial charge in [-0.2, -0.15) is 0 Å². The van der Waals surface area contributed by atoms with Crippen molar-refractivity contribution in [2.45, 2.75) is 322 Å². The lowest BCUT2D eigenvalue weighted by Crippen LogP contribution is -2.30. The Morgan fingerprint density at radius 2 is 0.520 bits per heavy atom. The van der Waals surface area contributed by atoms with Crippen molar-refractivity contribution in [2.75, 3.05) is 13.2 Å². The van der Waals surface area contributed by atoms with E-state index in [9.17, 15) is 14.4 Å². The standard InChI is InChI=1S/C69H120O6/c1-4-7-10-13-16-19-22-25-28-31-34-37-40-43-46-49-52-55-58-61-67(70)73-64-66(75-69(72)63-60-57-54-51-48-45-42-39-36-33-30-27-24-21-18-15-12-9-6-3)65-74-68(71)62-59-56-53-50-47-44-41-38-35-32-29-26-23-20-17-14-11-8-5-2/h7,10,16,19,25-30,34,37,43,46,66H,4-6,8-9,11-15,17-18,20-24,31-33,35-36,38-42,44-45,47-65H2,1-3H3/b10-7+,19-16+,28-25+,29-26+,30-27+,37-34+,46-43+/t66-/m0/s1. The molecule has 0 amide bonds. The number of allylic oxidation sites excluding steroid dienone is 14. The van der Waals surface area contributed by atoms with Gasteiger partial charge in [0.2, 0.25) is 0 Å². The Bertz CT molecular complexity index is 1430. The van der Waals surface area contributed by atoms with Crippen LogP contribution in [0.2, 0.25) is 0 Å². The van der Waals surface area contributed by atoms with Crippen LogP contribution in [0.5, 0.6) is 0 Å². The minimum Gasteiger partial charge on any atom is -0.462 e. The highest BCUT2D eigenvalue weighted by Gasteiger charge is 2.19. The van der Waals surface area contributed by atoms with Gasteiger partial charge in [-0.3, -0.25) is 14.4 Å². The molecule has 6 heteroatoms. The zero-order chi connectivity index (χ0) is 54.3. The first-order chi connectivity index (χ1) is 37.0. The van der Waals surface area contributed by atoms with Crippen molar-refractivity contribution in [2.24, 2.45) is 0 Å². The van der Waals surface area contributed by atoms with Gasteiger partial charge in [0.15, 0.2) is 6.10 Å². The van der Waals surface area contributed by atoms with Gasteiger partial charge in [0.1, 0.15) is 13.2 Å². The topological polar surface area (TPSA) is 78.9 Å². The first-order valence-electron chi connectivity index (χ1n) is 32.1. The maximum Gasteiger partial charge on any atom is 0.306 e. The molecule has 0 aliphatic carbocycles. The summed E-state index contributed by atoms with van der Waals surface area (Å²) in [7, 11) is 0. The summed E-state index contributed by atoms with van der Waals surface area (Å²) in [5.74, 6) is -0.913. The van der Waals surface area contributed by atoms with Crippen LogP contribution in [0.1, 0.15) is 316 Å². The monoisotopic (exact) mass is 1040 g/mol. The van der Waals surface area contributed by atoms with Crippen LogP contribution in [-0.4, -0.2) is 37.2 Å². The maximum absolute atomic E-state index is 12.9. The lowest BCUT2D eigenvalue weighted by atomic mass is 10.1. The number of rotatable bonds is 58. The van der Waals surface area contributed by atoms with Crippen molar-refractivity contribution in [3.63, 3.8) is 0 Å². The van der Waals surface area contributed by atoms with Crippen LogP contribution in [0.4, 0.5) is 0 Å². The number of hydrogen-bond donors (Lipinski definition) is 0. The minimum absolute atomic E-state index is 0.0878. The molecule has 0 aromatic rings.